The fraction of sp³-hybridized carbons (Fsp3) is 0.238. The average molecular weight is 412 g/mol. The molecule has 8 heteroatoms. The van der Waals surface area contributed by atoms with Crippen LogP contribution in [0.3, 0.4) is 0 Å². The Bertz CT molecular complexity index is 1030. The number of amides is 1. The summed E-state index contributed by atoms with van der Waals surface area (Å²) < 4.78 is 21.9. The van der Waals surface area contributed by atoms with Crippen molar-refractivity contribution in [1.82, 2.24) is 4.98 Å². The van der Waals surface area contributed by atoms with E-state index in [-0.39, 0.29) is 5.91 Å². The first kappa shape index (κ1) is 19.1. The van der Waals surface area contributed by atoms with Gasteiger partial charge in [0.25, 0.3) is 5.91 Å². The average Bonchev–Trinajstić information content (AvgIpc) is 3.13. The third-order valence-electron chi connectivity index (χ3n) is 4.37. The first-order valence-corrected chi connectivity index (χ1v) is 9.95. The van der Waals surface area contributed by atoms with Gasteiger partial charge in [-0.2, -0.15) is 0 Å². The zero-order valence-electron chi connectivity index (χ0n) is 16.1. The van der Waals surface area contributed by atoms with Gasteiger partial charge in [-0.25, -0.2) is 4.98 Å². The minimum atomic E-state index is -0.289. The van der Waals surface area contributed by atoms with Crippen LogP contribution in [-0.4, -0.2) is 38.3 Å². The lowest BCUT2D eigenvalue weighted by Crippen LogP contribution is -2.12. The van der Waals surface area contributed by atoms with E-state index in [1.165, 1.54) is 11.3 Å². The van der Waals surface area contributed by atoms with Crippen molar-refractivity contribution in [2.75, 3.05) is 32.8 Å². The Hall–Kier alpha value is -3.26. The highest BCUT2D eigenvalue weighted by atomic mass is 32.1. The highest BCUT2D eigenvalue weighted by Gasteiger charge is 2.16. The van der Waals surface area contributed by atoms with E-state index in [0.29, 0.717) is 47.6 Å². The Labute approximate surface area is 172 Å². The van der Waals surface area contributed by atoms with E-state index >= 15 is 0 Å². The van der Waals surface area contributed by atoms with Crippen molar-refractivity contribution in [3.8, 4) is 33.6 Å². The molecule has 150 valence electrons. The fourth-order valence-corrected chi connectivity index (χ4v) is 3.71. The Morgan fingerprint density at radius 3 is 2.62 bits per heavy atom. The number of hydrogen-bond donors (Lipinski definition) is 1. The molecule has 1 aliphatic heterocycles. The molecular formula is C21H20N2O5S. The van der Waals surface area contributed by atoms with E-state index in [1.54, 1.807) is 37.8 Å². The molecule has 0 fully saturated rings. The van der Waals surface area contributed by atoms with Crippen molar-refractivity contribution >= 4 is 22.9 Å². The fourth-order valence-electron chi connectivity index (χ4n) is 2.92. The van der Waals surface area contributed by atoms with Crippen LogP contribution >= 0.6 is 11.3 Å². The Kier molecular flexibility index (Phi) is 5.53. The van der Waals surface area contributed by atoms with Gasteiger partial charge < -0.3 is 24.3 Å². The second-order valence-corrected chi connectivity index (χ2v) is 7.13. The van der Waals surface area contributed by atoms with Gasteiger partial charge in [-0.3, -0.25) is 4.79 Å². The standard InChI is InChI=1S/C21H20N2O5S/c1-25-16-6-4-13(10-18(16)26-2)21-23-15(12-29-21)20(24)22-14-5-7-17-19(11-14)28-9-3-8-27-17/h4-7,10-12H,3,8-9H2,1-2H3,(H,22,24). The molecule has 1 N–H and O–H groups in total. The molecule has 1 aliphatic rings. The van der Waals surface area contributed by atoms with E-state index in [2.05, 4.69) is 10.3 Å². The number of anilines is 1. The lowest BCUT2D eigenvalue weighted by molar-refractivity contribution is 0.102. The molecule has 29 heavy (non-hydrogen) atoms. The molecule has 0 spiro atoms. The SMILES string of the molecule is COc1ccc(-c2nc(C(=O)Nc3ccc4c(c3)OCCCO4)cs2)cc1OC. The molecule has 0 saturated carbocycles. The van der Waals surface area contributed by atoms with Crippen molar-refractivity contribution in [3.05, 3.63) is 47.5 Å². The predicted octanol–water partition coefficient (Wildman–Crippen LogP) is 4.24. The molecule has 0 unspecified atom stereocenters. The minimum absolute atomic E-state index is 0.289. The first-order chi connectivity index (χ1) is 14.2. The number of benzene rings is 2. The molecule has 0 bridgehead atoms. The summed E-state index contributed by atoms with van der Waals surface area (Å²) in [4.78, 5) is 17.1. The summed E-state index contributed by atoms with van der Waals surface area (Å²) in [5, 5.41) is 5.30. The van der Waals surface area contributed by atoms with Crippen LogP contribution in [0.5, 0.6) is 23.0 Å². The number of rotatable bonds is 5. The zero-order chi connectivity index (χ0) is 20.2. The number of methoxy groups -OCH3 is 2. The third kappa shape index (κ3) is 4.12. The number of ether oxygens (including phenoxy) is 4. The summed E-state index contributed by atoms with van der Waals surface area (Å²) >= 11 is 1.39. The lowest BCUT2D eigenvalue weighted by atomic mass is 10.2. The highest BCUT2D eigenvalue weighted by Crippen LogP contribution is 2.34. The number of thiazole rings is 1. The molecule has 2 aromatic carbocycles. The van der Waals surface area contributed by atoms with Gasteiger partial charge in [-0.1, -0.05) is 0 Å². The first-order valence-electron chi connectivity index (χ1n) is 9.07. The van der Waals surface area contributed by atoms with Gasteiger partial charge in [0.15, 0.2) is 23.0 Å². The molecule has 0 saturated heterocycles. The van der Waals surface area contributed by atoms with Crippen molar-refractivity contribution in [2.45, 2.75) is 6.42 Å². The monoisotopic (exact) mass is 412 g/mol. The van der Waals surface area contributed by atoms with Crippen LogP contribution in [0.2, 0.25) is 0 Å². The van der Waals surface area contributed by atoms with E-state index in [9.17, 15) is 4.79 Å². The molecule has 1 amide bonds. The topological polar surface area (TPSA) is 78.9 Å². The van der Waals surface area contributed by atoms with Gasteiger partial charge in [-0.15, -0.1) is 11.3 Å². The van der Waals surface area contributed by atoms with Gasteiger partial charge in [0.2, 0.25) is 0 Å². The van der Waals surface area contributed by atoms with Gasteiger partial charge in [0.05, 0.1) is 27.4 Å². The van der Waals surface area contributed by atoms with Crippen molar-refractivity contribution in [3.63, 3.8) is 0 Å². The number of carbonyl (C=O) groups excluding carboxylic acids is 1. The summed E-state index contributed by atoms with van der Waals surface area (Å²) in [6, 6.07) is 10.9. The number of nitrogens with one attached hydrogen (secondary N) is 1. The maximum atomic E-state index is 12.6. The summed E-state index contributed by atoms with van der Waals surface area (Å²) in [5.41, 5.74) is 1.81. The highest BCUT2D eigenvalue weighted by molar-refractivity contribution is 7.13. The Morgan fingerprint density at radius 2 is 1.83 bits per heavy atom. The maximum Gasteiger partial charge on any atom is 0.275 e. The van der Waals surface area contributed by atoms with Crippen LogP contribution in [0, 0.1) is 0 Å². The van der Waals surface area contributed by atoms with Gasteiger partial charge in [0, 0.05) is 29.1 Å². The molecule has 0 atom stereocenters. The molecule has 0 aliphatic carbocycles. The van der Waals surface area contributed by atoms with Gasteiger partial charge in [0.1, 0.15) is 10.7 Å². The molecule has 4 rings (SSSR count). The molecule has 2 heterocycles. The van der Waals surface area contributed by atoms with Crippen LogP contribution in [-0.2, 0) is 0 Å². The summed E-state index contributed by atoms with van der Waals surface area (Å²) in [6.45, 7) is 1.21. The summed E-state index contributed by atoms with van der Waals surface area (Å²) in [7, 11) is 3.17. The van der Waals surface area contributed by atoms with Crippen molar-refractivity contribution in [1.29, 1.82) is 0 Å². The smallest absolute Gasteiger partial charge is 0.275 e. The molecule has 0 radical (unpaired) electrons. The van der Waals surface area contributed by atoms with E-state index in [1.807, 2.05) is 18.2 Å². The third-order valence-corrected chi connectivity index (χ3v) is 5.26. The van der Waals surface area contributed by atoms with E-state index in [0.717, 1.165) is 17.0 Å². The number of hydrogen-bond acceptors (Lipinski definition) is 7. The molecule has 3 aromatic rings. The second-order valence-electron chi connectivity index (χ2n) is 6.27. The summed E-state index contributed by atoms with van der Waals surface area (Å²) in [6.07, 6.45) is 0.827. The van der Waals surface area contributed by atoms with Crippen LogP contribution in [0.15, 0.2) is 41.8 Å². The molecule has 7 nitrogen and oxygen atoms in total. The van der Waals surface area contributed by atoms with Crippen LogP contribution in [0.25, 0.3) is 10.6 Å². The number of carbonyl (C=O) groups is 1. The van der Waals surface area contributed by atoms with Crippen LogP contribution in [0.1, 0.15) is 16.9 Å². The van der Waals surface area contributed by atoms with E-state index < -0.39 is 0 Å². The molecule has 1 aromatic heterocycles. The predicted molar refractivity (Wildman–Crippen MR) is 111 cm³/mol. The largest absolute Gasteiger partial charge is 0.493 e. The Morgan fingerprint density at radius 1 is 1.03 bits per heavy atom. The van der Waals surface area contributed by atoms with Crippen molar-refractivity contribution < 1.29 is 23.7 Å². The Balaban J connectivity index is 1.51. The number of fused-ring (bicyclic) bond motifs is 1. The minimum Gasteiger partial charge on any atom is -0.493 e. The lowest BCUT2D eigenvalue weighted by Gasteiger charge is -2.10. The van der Waals surface area contributed by atoms with Crippen molar-refractivity contribution in [2.24, 2.45) is 0 Å². The number of aromatic nitrogens is 1. The maximum absolute atomic E-state index is 12.6. The second kappa shape index (κ2) is 8.40. The van der Waals surface area contributed by atoms with Gasteiger partial charge in [-0.05, 0) is 30.3 Å². The van der Waals surface area contributed by atoms with Crippen LogP contribution in [0.4, 0.5) is 5.69 Å². The van der Waals surface area contributed by atoms with Gasteiger partial charge >= 0.3 is 0 Å². The quantitative estimate of drug-likeness (QED) is 0.675. The van der Waals surface area contributed by atoms with Crippen LogP contribution < -0.4 is 24.3 Å². The zero-order valence-corrected chi connectivity index (χ0v) is 16.9. The van der Waals surface area contributed by atoms with E-state index in [4.69, 9.17) is 18.9 Å². The summed E-state index contributed by atoms with van der Waals surface area (Å²) in [5.74, 6) is 2.27. The molecular weight excluding hydrogens is 392 g/mol. The normalized spacial score (nSPS) is 12.8. The number of nitrogens with zero attached hydrogens (tertiary/aromatic N) is 1.